The zero-order chi connectivity index (χ0) is 28.1. The van der Waals surface area contributed by atoms with Crippen LogP contribution in [0.5, 0.6) is 5.75 Å². The van der Waals surface area contributed by atoms with E-state index in [1.807, 2.05) is 35.1 Å². The number of aryl methyl sites for hydroxylation is 1. The number of allylic oxidation sites excluding steroid dienone is 1. The third-order valence-corrected chi connectivity index (χ3v) is 7.28. The van der Waals surface area contributed by atoms with Crippen molar-refractivity contribution in [3.8, 4) is 5.75 Å². The fraction of sp³-hybridized carbons (Fsp3) is 0.500. The predicted molar refractivity (Wildman–Crippen MR) is 153 cm³/mol. The molecule has 1 aliphatic rings. The average molecular weight is 521 g/mol. The topological polar surface area (TPSA) is 59.1 Å². The molecule has 3 rings (SSSR count). The van der Waals surface area contributed by atoms with Gasteiger partial charge in [0.05, 0.1) is 13.2 Å². The molecule has 0 bridgehead atoms. The van der Waals surface area contributed by atoms with Crippen LogP contribution in [-0.4, -0.2) is 54.1 Å². The number of urea groups is 1. The lowest BCUT2D eigenvalue weighted by Crippen LogP contribution is -2.39. The maximum absolute atomic E-state index is 12.9. The summed E-state index contributed by atoms with van der Waals surface area (Å²) in [4.78, 5) is 28.8. The minimum atomic E-state index is -1.08. The summed E-state index contributed by atoms with van der Waals surface area (Å²) < 4.78 is 10.9. The predicted octanol–water partition coefficient (Wildman–Crippen LogP) is 6.30. The standard InChI is InChI=1S/C32H44N2O4/c1-9-11-25-20-23(16-19-28(25)38-32(5,6)29(35)37-8)12-10-13-27-22-34(30(36)33(27)7)21-24-14-17-26(18-15-24)31(2,3)4/h9,14-20,27H,1,10-13,21-22H2,2-8H3/t27-/m0/s1. The minimum absolute atomic E-state index is 0.0953. The highest BCUT2D eigenvalue weighted by Gasteiger charge is 2.34. The second kappa shape index (κ2) is 12.1. The SMILES string of the molecule is C=CCc1cc(CCC[C@H]2CN(Cc3ccc(C(C)(C)C)cc3)C(=O)N2C)ccc1OC(C)(C)C(=O)OC. The molecule has 1 saturated heterocycles. The number of hydrogen-bond acceptors (Lipinski definition) is 4. The first-order valence-corrected chi connectivity index (χ1v) is 13.5. The molecule has 6 nitrogen and oxygen atoms in total. The van der Waals surface area contributed by atoms with Crippen LogP contribution in [0.4, 0.5) is 4.79 Å². The van der Waals surface area contributed by atoms with Crippen molar-refractivity contribution in [1.82, 2.24) is 9.80 Å². The summed E-state index contributed by atoms with van der Waals surface area (Å²) >= 11 is 0. The number of rotatable bonds is 11. The van der Waals surface area contributed by atoms with Gasteiger partial charge in [-0.15, -0.1) is 6.58 Å². The second-order valence-corrected chi connectivity index (χ2v) is 11.8. The number of methoxy groups -OCH3 is 1. The molecule has 1 aliphatic heterocycles. The van der Waals surface area contributed by atoms with Gasteiger partial charge >= 0.3 is 12.0 Å². The quantitative estimate of drug-likeness (QED) is 0.258. The molecule has 0 unspecified atom stereocenters. The number of nitrogens with zero attached hydrogens (tertiary/aromatic N) is 2. The van der Waals surface area contributed by atoms with Crippen molar-refractivity contribution in [3.05, 3.63) is 77.4 Å². The third kappa shape index (κ3) is 7.18. The van der Waals surface area contributed by atoms with E-state index in [1.165, 1.54) is 18.2 Å². The Kier molecular flexibility index (Phi) is 9.29. The average Bonchev–Trinajstić information content (AvgIpc) is 3.12. The Morgan fingerprint density at radius 1 is 1.08 bits per heavy atom. The highest BCUT2D eigenvalue weighted by atomic mass is 16.6. The number of carbonyl (C=O) groups is 2. The normalized spacial score (nSPS) is 16.1. The number of esters is 1. The van der Waals surface area contributed by atoms with E-state index in [1.54, 1.807) is 13.8 Å². The van der Waals surface area contributed by atoms with Crippen LogP contribution in [0.15, 0.2) is 55.1 Å². The van der Waals surface area contributed by atoms with Crippen molar-refractivity contribution < 1.29 is 19.1 Å². The Hall–Kier alpha value is -3.28. The summed E-state index contributed by atoms with van der Waals surface area (Å²) in [5.74, 6) is 0.244. The third-order valence-electron chi connectivity index (χ3n) is 7.28. The Morgan fingerprint density at radius 3 is 2.34 bits per heavy atom. The van der Waals surface area contributed by atoms with E-state index in [4.69, 9.17) is 9.47 Å². The van der Waals surface area contributed by atoms with E-state index >= 15 is 0 Å². The lowest BCUT2D eigenvalue weighted by molar-refractivity contribution is -0.156. The molecule has 2 aromatic rings. The molecule has 38 heavy (non-hydrogen) atoms. The molecule has 2 amide bonds. The summed E-state index contributed by atoms with van der Waals surface area (Å²) in [5.41, 5.74) is 3.69. The van der Waals surface area contributed by atoms with Crippen LogP contribution in [0.25, 0.3) is 0 Å². The van der Waals surface area contributed by atoms with Gasteiger partial charge in [0, 0.05) is 20.1 Å². The van der Waals surface area contributed by atoms with Crippen molar-refractivity contribution in [2.24, 2.45) is 0 Å². The number of ether oxygens (including phenoxy) is 2. The summed E-state index contributed by atoms with van der Waals surface area (Å²) in [6, 6.07) is 15.0. The molecule has 1 atom stereocenters. The van der Waals surface area contributed by atoms with Gasteiger partial charge in [-0.2, -0.15) is 0 Å². The Morgan fingerprint density at radius 2 is 1.74 bits per heavy atom. The van der Waals surface area contributed by atoms with Crippen LogP contribution >= 0.6 is 0 Å². The summed E-state index contributed by atoms with van der Waals surface area (Å²) in [7, 11) is 3.27. The zero-order valence-corrected chi connectivity index (χ0v) is 24.2. The highest BCUT2D eigenvalue weighted by molar-refractivity contribution is 5.79. The molecule has 206 valence electrons. The molecule has 0 aromatic heterocycles. The van der Waals surface area contributed by atoms with Crippen LogP contribution in [0.2, 0.25) is 0 Å². The van der Waals surface area contributed by atoms with Crippen LogP contribution in [0.1, 0.15) is 69.7 Å². The Bertz CT molecular complexity index is 1130. The van der Waals surface area contributed by atoms with Gasteiger partial charge in [-0.25, -0.2) is 9.59 Å². The monoisotopic (exact) mass is 520 g/mol. The number of hydrogen-bond donors (Lipinski definition) is 0. The van der Waals surface area contributed by atoms with Crippen LogP contribution in [0, 0.1) is 0 Å². The van der Waals surface area contributed by atoms with Crippen molar-refractivity contribution in [2.45, 2.75) is 83.9 Å². The van der Waals surface area contributed by atoms with E-state index in [-0.39, 0.29) is 17.5 Å². The summed E-state index contributed by atoms with van der Waals surface area (Å²) in [5, 5.41) is 0. The maximum Gasteiger partial charge on any atom is 0.349 e. The molecule has 0 spiro atoms. The van der Waals surface area contributed by atoms with Gasteiger partial charge in [0.15, 0.2) is 5.60 Å². The minimum Gasteiger partial charge on any atom is -0.476 e. The molecule has 0 radical (unpaired) electrons. The molecule has 0 aliphatic carbocycles. The van der Waals surface area contributed by atoms with Gasteiger partial charge in [-0.05, 0) is 73.3 Å². The van der Waals surface area contributed by atoms with Gasteiger partial charge in [0.1, 0.15) is 5.75 Å². The first kappa shape index (κ1) is 29.3. The first-order valence-electron chi connectivity index (χ1n) is 13.5. The van der Waals surface area contributed by atoms with Crippen LogP contribution < -0.4 is 4.74 Å². The molecular formula is C32H44N2O4. The van der Waals surface area contributed by atoms with E-state index in [0.717, 1.165) is 36.9 Å². The van der Waals surface area contributed by atoms with E-state index in [9.17, 15) is 9.59 Å². The van der Waals surface area contributed by atoms with Gasteiger partial charge < -0.3 is 19.3 Å². The fourth-order valence-electron chi connectivity index (χ4n) is 4.89. The van der Waals surface area contributed by atoms with Gasteiger partial charge in [0.2, 0.25) is 0 Å². The fourth-order valence-corrected chi connectivity index (χ4v) is 4.89. The summed E-state index contributed by atoms with van der Waals surface area (Å²) in [6.07, 6.45) is 5.29. The van der Waals surface area contributed by atoms with Crippen LogP contribution in [-0.2, 0) is 34.3 Å². The molecular weight excluding hydrogens is 476 g/mol. The van der Waals surface area contributed by atoms with Gasteiger partial charge in [0.25, 0.3) is 0 Å². The number of carbonyl (C=O) groups excluding carboxylic acids is 2. The number of amides is 2. The smallest absolute Gasteiger partial charge is 0.349 e. The number of benzene rings is 2. The van der Waals surface area contributed by atoms with Crippen molar-refractivity contribution in [1.29, 1.82) is 0 Å². The van der Waals surface area contributed by atoms with Gasteiger partial charge in [-0.3, -0.25) is 0 Å². The number of likely N-dealkylation sites (N-methyl/N-ethyl adjacent to an activating group) is 1. The first-order chi connectivity index (χ1) is 17.9. The van der Waals surface area contributed by atoms with Gasteiger partial charge in [-0.1, -0.05) is 63.2 Å². The largest absolute Gasteiger partial charge is 0.476 e. The Labute approximate surface area is 228 Å². The lowest BCUT2D eigenvalue weighted by Gasteiger charge is -2.25. The second-order valence-electron chi connectivity index (χ2n) is 11.8. The molecule has 1 heterocycles. The Balaban J connectivity index is 1.58. The zero-order valence-electron chi connectivity index (χ0n) is 24.2. The molecule has 0 N–H and O–H groups in total. The highest BCUT2D eigenvalue weighted by Crippen LogP contribution is 2.28. The lowest BCUT2D eigenvalue weighted by atomic mass is 9.87. The van der Waals surface area contributed by atoms with Crippen molar-refractivity contribution in [3.63, 3.8) is 0 Å². The molecule has 1 fully saturated rings. The molecule has 6 heteroatoms. The van der Waals surface area contributed by atoms with Crippen molar-refractivity contribution in [2.75, 3.05) is 20.7 Å². The maximum atomic E-state index is 12.9. The summed E-state index contributed by atoms with van der Waals surface area (Å²) in [6.45, 7) is 15.3. The van der Waals surface area contributed by atoms with Crippen LogP contribution in [0.3, 0.4) is 0 Å². The van der Waals surface area contributed by atoms with E-state index in [0.29, 0.717) is 18.7 Å². The molecule has 0 saturated carbocycles. The van der Waals surface area contributed by atoms with E-state index in [2.05, 4.69) is 57.7 Å². The van der Waals surface area contributed by atoms with E-state index < -0.39 is 11.6 Å². The van der Waals surface area contributed by atoms with Crippen molar-refractivity contribution >= 4 is 12.0 Å². The molecule has 2 aromatic carbocycles.